The maximum atomic E-state index is 13.2. The highest BCUT2D eigenvalue weighted by atomic mass is 16.5. The molecule has 0 amide bonds. The summed E-state index contributed by atoms with van der Waals surface area (Å²) in [7, 11) is 4.43. The number of aromatic amines is 1. The van der Waals surface area contributed by atoms with Gasteiger partial charge in [-0.05, 0) is 48.2 Å². The van der Waals surface area contributed by atoms with Crippen molar-refractivity contribution in [3.8, 4) is 18.4 Å². The summed E-state index contributed by atoms with van der Waals surface area (Å²) in [6.07, 6.45) is 8.46. The number of unbranched alkanes of at least 4 members (excludes halogenated alkanes) is 1. The molecule has 4 aromatic rings. The van der Waals surface area contributed by atoms with E-state index in [0.29, 0.717) is 36.2 Å². The largest absolute Gasteiger partial charge is 0.469 e. The van der Waals surface area contributed by atoms with Crippen LogP contribution in [0.3, 0.4) is 0 Å². The van der Waals surface area contributed by atoms with Gasteiger partial charge in [0.05, 0.1) is 44.8 Å². The maximum Gasteiger partial charge on any atom is 0.338 e. The van der Waals surface area contributed by atoms with Crippen LogP contribution in [0.4, 0.5) is 5.82 Å². The number of rotatable bonds is 14. The summed E-state index contributed by atoms with van der Waals surface area (Å²) in [5, 5.41) is 3.17. The Kier molecular flexibility index (Phi) is 10.6. The zero-order chi connectivity index (χ0) is 32.6. The van der Waals surface area contributed by atoms with Gasteiger partial charge in [0.2, 0.25) is 0 Å². The van der Waals surface area contributed by atoms with Crippen LogP contribution in [-0.2, 0) is 39.1 Å². The number of carbonyl (C=O) groups excluding carboxylic acids is 2. The summed E-state index contributed by atoms with van der Waals surface area (Å²) < 4.78 is 17.0. The van der Waals surface area contributed by atoms with Crippen LogP contribution in [0, 0.1) is 12.3 Å². The van der Waals surface area contributed by atoms with E-state index < -0.39 is 17.1 Å². The van der Waals surface area contributed by atoms with E-state index >= 15 is 0 Å². The second kappa shape index (κ2) is 14.5. The van der Waals surface area contributed by atoms with Crippen LogP contribution in [0.1, 0.15) is 52.4 Å². The van der Waals surface area contributed by atoms with Gasteiger partial charge < -0.3 is 30.2 Å². The number of nitrogens with one attached hydrogen (secondary N) is 2. The van der Waals surface area contributed by atoms with E-state index in [4.69, 9.17) is 26.4 Å². The van der Waals surface area contributed by atoms with Crippen LogP contribution >= 0.6 is 0 Å². The lowest BCUT2D eigenvalue weighted by atomic mass is 9.73. The van der Waals surface area contributed by atoms with E-state index in [-0.39, 0.29) is 42.0 Å². The predicted molar refractivity (Wildman–Crippen MR) is 170 cm³/mol. The first kappa shape index (κ1) is 32.8. The smallest absolute Gasteiger partial charge is 0.338 e. The van der Waals surface area contributed by atoms with Gasteiger partial charge in [-0.3, -0.25) is 9.36 Å². The van der Waals surface area contributed by atoms with Gasteiger partial charge in [0.15, 0.2) is 11.5 Å². The van der Waals surface area contributed by atoms with Gasteiger partial charge in [-0.1, -0.05) is 55.7 Å². The fourth-order valence-corrected chi connectivity index (χ4v) is 5.29. The first-order chi connectivity index (χ1) is 21.7. The first-order valence-corrected chi connectivity index (χ1v) is 14.6. The molecular formula is C33H38N6O6. The number of aromatic nitrogens is 4. The average Bonchev–Trinajstić information content (AvgIpc) is 3.35. The van der Waals surface area contributed by atoms with Crippen LogP contribution < -0.4 is 21.5 Å². The van der Waals surface area contributed by atoms with Crippen molar-refractivity contribution < 1.29 is 23.8 Å². The minimum Gasteiger partial charge on any atom is -0.469 e. The molecule has 4 N–H and O–H groups in total. The fraction of sp³-hybridized carbons (Fsp3) is 0.364. The Balaban J connectivity index is 1.76. The summed E-state index contributed by atoms with van der Waals surface area (Å²) in [4.78, 5) is 49.4. The van der Waals surface area contributed by atoms with Gasteiger partial charge in [-0.2, -0.15) is 9.97 Å². The third-order valence-electron chi connectivity index (χ3n) is 7.53. The van der Waals surface area contributed by atoms with Crippen LogP contribution in [0.25, 0.3) is 11.2 Å². The third kappa shape index (κ3) is 7.33. The molecule has 1 atom stereocenters. The molecule has 0 fully saturated rings. The number of hydrogen-bond donors (Lipinski definition) is 3. The SMILES string of the molecule is C#CC(CNC)(Cc1cccc(CC(=O)OC)c1)c1ccc(Cn2c(=O)[nH]c3c(N)nc(OCCCC)nc32)cc1C(=O)OC. The Morgan fingerprint density at radius 1 is 1.11 bits per heavy atom. The van der Waals surface area contributed by atoms with Crippen LogP contribution in [0.5, 0.6) is 6.01 Å². The lowest BCUT2D eigenvalue weighted by Crippen LogP contribution is -2.39. The zero-order valence-electron chi connectivity index (χ0n) is 25.9. The molecule has 0 saturated heterocycles. The number of benzene rings is 2. The van der Waals surface area contributed by atoms with Crippen molar-refractivity contribution >= 4 is 28.9 Å². The fourth-order valence-electron chi connectivity index (χ4n) is 5.29. The molecule has 2 heterocycles. The number of nitrogens with two attached hydrogens (primary N) is 1. The highest BCUT2D eigenvalue weighted by molar-refractivity contribution is 5.92. The van der Waals surface area contributed by atoms with Gasteiger partial charge in [-0.25, -0.2) is 9.59 Å². The van der Waals surface area contributed by atoms with Crippen molar-refractivity contribution in [2.75, 3.05) is 40.2 Å². The molecular weight excluding hydrogens is 576 g/mol. The lowest BCUT2D eigenvalue weighted by Gasteiger charge is -2.31. The second-order valence-corrected chi connectivity index (χ2v) is 10.7. The Morgan fingerprint density at radius 2 is 1.89 bits per heavy atom. The molecule has 2 aromatic carbocycles. The van der Waals surface area contributed by atoms with Gasteiger partial charge in [0, 0.05) is 6.54 Å². The second-order valence-electron chi connectivity index (χ2n) is 10.7. The average molecular weight is 615 g/mol. The number of H-pyrrole nitrogens is 1. The van der Waals surface area contributed by atoms with Crippen molar-refractivity contribution in [1.82, 2.24) is 24.8 Å². The number of methoxy groups -OCH3 is 2. The molecule has 12 nitrogen and oxygen atoms in total. The highest BCUT2D eigenvalue weighted by Crippen LogP contribution is 2.32. The van der Waals surface area contributed by atoms with Crippen molar-refractivity contribution in [3.05, 3.63) is 80.8 Å². The van der Waals surface area contributed by atoms with E-state index in [1.54, 1.807) is 19.2 Å². The molecule has 4 rings (SSSR count). The van der Waals surface area contributed by atoms with Gasteiger partial charge in [0.1, 0.15) is 5.52 Å². The van der Waals surface area contributed by atoms with E-state index in [9.17, 15) is 14.4 Å². The molecule has 0 saturated carbocycles. The number of ether oxygens (including phenoxy) is 3. The number of nitrogen functional groups attached to an aromatic ring is 1. The lowest BCUT2D eigenvalue weighted by molar-refractivity contribution is -0.139. The Morgan fingerprint density at radius 3 is 2.58 bits per heavy atom. The molecule has 45 heavy (non-hydrogen) atoms. The van der Waals surface area contributed by atoms with Crippen LogP contribution in [-0.4, -0.2) is 65.9 Å². The van der Waals surface area contributed by atoms with Gasteiger partial charge in [0.25, 0.3) is 0 Å². The van der Waals surface area contributed by atoms with Gasteiger partial charge in [-0.15, -0.1) is 6.42 Å². The van der Waals surface area contributed by atoms with Gasteiger partial charge >= 0.3 is 23.6 Å². The number of esters is 2. The summed E-state index contributed by atoms with van der Waals surface area (Å²) in [6, 6.07) is 12.9. The Bertz CT molecular complexity index is 1790. The minimum atomic E-state index is -0.968. The normalized spacial score (nSPS) is 12.3. The summed E-state index contributed by atoms with van der Waals surface area (Å²) >= 11 is 0. The van der Waals surface area contributed by atoms with E-state index in [1.807, 2.05) is 37.3 Å². The number of nitrogens with zero attached hydrogens (tertiary/aromatic N) is 3. The maximum absolute atomic E-state index is 13.2. The van der Waals surface area contributed by atoms with E-state index in [2.05, 4.69) is 26.2 Å². The van der Waals surface area contributed by atoms with Crippen molar-refractivity contribution in [1.29, 1.82) is 0 Å². The molecule has 0 aliphatic carbocycles. The molecule has 2 aromatic heterocycles. The molecule has 12 heteroatoms. The molecule has 0 spiro atoms. The minimum absolute atomic E-state index is 0.0681. The monoisotopic (exact) mass is 614 g/mol. The van der Waals surface area contributed by atoms with E-state index in [0.717, 1.165) is 24.0 Å². The number of hydrogen-bond acceptors (Lipinski definition) is 10. The Labute approximate surface area is 261 Å². The summed E-state index contributed by atoms with van der Waals surface area (Å²) in [5.41, 5.74) is 8.41. The number of fused-ring (bicyclic) bond motifs is 1. The predicted octanol–water partition coefficient (Wildman–Crippen LogP) is 2.76. The number of terminal acetylenes is 1. The van der Waals surface area contributed by atoms with Crippen molar-refractivity contribution in [2.24, 2.45) is 0 Å². The van der Waals surface area contributed by atoms with E-state index in [1.165, 1.54) is 18.8 Å². The molecule has 1 unspecified atom stereocenters. The molecule has 0 bridgehead atoms. The third-order valence-corrected chi connectivity index (χ3v) is 7.53. The number of carbonyl (C=O) groups is 2. The summed E-state index contributed by atoms with van der Waals surface area (Å²) in [6.45, 7) is 2.86. The summed E-state index contributed by atoms with van der Waals surface area (Å²) in [5.74, 6) is 2.10. The van der Waals surface area contributed by atoms with Crippen molar-refractivity contribution in [3.63, 3.8) is 0 Å². The molecule has 0 radical (unpaired) electrons. The zero-order valence-corrected chi connectivity index (χ0v) is 25.9. The topological polar surface area (TPSA) is 163 Å². The Hall–Kier alpha value is -5.15. The number of imidazole rings is 1. The standard InChI is InChI=1S/C33H38N6O6/c1-6-8-14-45-31-37-28(34)27-29(38-31)39(32(42)36-27)19-23-12-13-25(24(16-23)30(41)44-5)33(7-2,20-35-3)18-22-11-9-10-21(15-22)17-26(40)43-4/h2,9-13,15-16,35H,6,8,14,17-20H2,1,3-5H3,(H,36,42)(H2,34,37,38). The van der Waals surface area contributed by atoms with Crippen LogP contribution in [0.15, 0.2) is 47.3 Å². The molecule has 236 valence electrons. The number of anilines is 1. The molecule has 0 aliphatic rings. The molecule has 0 aliphatic heterocycles. The quantitative estimate of drug-likeness (QED) is 0.109. The van der Waals surface area contributed by atoms with Crippen molar-refractivity contribution in [2.45, 2.75) is 44.6 Å². The first-order valence-electron chi connectivity index (χ1n) is 14.6. The van der Waals surface area contributed by atoms with Crippen LogP contribution in [0.2, 0.25) is 0 Å². The number of likely N-dealkylation sites (N-methyl/N-ethyl adjacent to an activating group) is 1. The highest BCUT2D eigenvalue weighted by Gasteiger charge is 2.34.